The summed E-state index contributed by atoms with van der Waals surface area (Å²) in [5.74, 6) is 0. The molecule has 0 radical (unpaired) electrons. The topological polar surface area (TPSA) is 63.0 Å². The molecule has 0 saturated carbocycles. The van der Waals surface area contributed by atoms with Crippen LogP contribution in [-0.2, 0) is 6.54 Å². The molecule has 3 N–H and O–H groups in total. The molecule has 1 rings (SSSR count). The van der Waals surface area contributed by atoms with Crippen molar-refractivity contribution in [3.63, 3.8) is 0 Å². The number of benzene rings is 1. The first kappa shape index (κ1) is 11.7. The Labute approximate surface area is 90.6 Å². The molecule has 0 heterocycles. The van der Waals surface area contributed by atoms with Crippen LogP contribution in [0.4, 0.5) is 0 Å². The minimum atomic E-state index is 0.466. The first-order valence-electron chi connectivity index (χ1n) is 5.35. The number of hydrogen-bond acceptors (Lipinski definition) is 2. The molecule has 0 aliphatic rings. The van der Waals surface area contributed by atoms with Gasteiger partial charge in [-0.3, -0.25) is 0 Å². The third-order valence-electron chi connectivity index (χ3n) is 2.47. The van der Waals surface area contributed by atoms with Crippen molar-refractivity contribution in [1.82, 2.24) is 0 Å². The van der Waals surface area contributed by atoms with E-state index < -0.39 is 0 Å². The summed E-state index contributed by atoms with van der Waals surface area (Å²) in [4.78, 5) is 0. The van der Waals surface area contributed by atoms with Crippen molar-refractivity contribution in [1.29, 1.82) is 0 Å². The molecule has 0 amide bonds. The van der Waals surface area contributed by atoms with Gasteiger partial charge >= 0.3 is 0 Å². The maximum atomic E-state index is 10.9. The molecule has 0 aliphatic carbocycles. The maximum Gasteiger partial charge on any atom is 0.192 e. The van der Waals surface area contributed by atoms with Gasteiger partial charge in [0.05, 0.1) is 0 Å². The molecule has 0 spiro atoms. The minimum absolute atomic E-state index is 0.466. The summed E-state index contributed by atoms with van der Waals surface area (Å²) >= 11 is 0. The summed E-state index contributed by atoms with van der Waals surface area (Å²) in [6, 6.07) is 7.77. The first-order chi connectivity index (χ1) is 7.33. The largest absolute Gasteiger partial charge is 0.625 e. The maximum absolute atomic E-state index is 10.9. The Bertz CT molecular complexity index is 334. The van der Waals surface area contributed by atoms with Gasteiger partial charge in [0.1, 0.15) is 0 Å². The molecule has 1 aromatic carbocycles. The van der Waals surface area contributed by atoms with Gasteiger partial charge in [0.15, 0.2) is 5.71 Å². The van der Waals surface area contributed by atoms with E-state index in [1.165, 1.54) is 0 Å². The van der Waals surface area contributed by atoms with Crippen LogP contribution >= 0.6 is 0 Å². The Morgan fingerprint density at radius 2 is 2.13 bits per heavy atom. The van der Waals surface area contributed by atoms with Gasteiger partial charge in [0, 0.05) is 18.5 Å². The second kappa shape index (κ2) is 6.19. The van der Waals surface area contributed by atoms with E-state index in [0.29, 0.717) is 6.54 Å². The molecule has 0 aliphatic heterocycles. The average molecular weight is 206 g/mol. The van der Waals surface area contributed by atoms with Gasteiger partial charge in [-0.15, -0.1) is 0 Å². The molecule has 3 heteroatoms. The fraction of sp³-hybridized carbons (Fsp3) is 0.417. The highest BCUT2D eigenvalue weighted by molar-refractivity contribution is 5.97. The average Bonchev–Trinajstić information content (AvgIpc) is 2.30. The Morgan fingerprint density at radius 1 is 1.40 bits per heavy atom. The van der Waals surface area contributed by atoms with E-state index in [0.717, 1.165) is 36.1 Å². The minimum Gasteiger partial charge on any atom is -0.625 e. The fourth-order valence-electron chi connectivity index (χ4n) is 1.59. The van der Waals surface area contributed by atoms with Crippen molar-refractivity contribution in [2.24, 2.45) is 5.73 Å². The van der Waals surface area contributed by atoms with Crippen LogP contribution < -0.4 is 10.9 Å². The lowest BCUT2D eigenvalue weighted by atomic mass is 9.99. The molecule has 0 fully saturated rings. The van der Waals surface area contributed by atoms with Gasteiger partial charge in [0.25, 0.3) is 0 Å². The normalized spacial score (nSPS) is 11.7. The predicted molar refractivity (Wildman–Crippen MR) is 62.3 cm³/mol. The Morgan fingerprint density at radius 3 is 2.73 bits per heavy atom. The summed E-state index contributed by atoms with van der Waals surface area (Å²) in [6.07, 6.45) is 2.89. The van der Waals surface area contributed by atoms with Crippen LogP contribution in [-0.4, -0.2) is 5.71 Å². The van der Waals surface area contributed by atoms with E-state index in [4.69, 9.17) is 5.73 Å². The van der Waals surface area contributed by atoms with Crippen molar-refractivity contribution in [3.8, 4) is 0 Å². The van der Waals surface area contributed by atoms with Crippen LogP contribution in [0, 0.1) is 5.21 Å². The number of nitrogens with two attached hydrogens (primary N) is 1. The van der Waals surface area contributed by atoms with Gasteiger partial charge in [-0.05, 0) is 18.1 Å². The van der Waals surface area contributed by atoms with Gasteiger partial charge < -0.3 is 10.9 Å². The highest BCUT2D eigenvalue weighted by atomic mass is 16.4. The summed E-state index contributed by atoms with van der Waals surface area (Å²) < 4.78 is 0. The highest BCUT2D eigenvalue weighted by Crippen LogP contribution is 2.10. The zero-order valence-electron chi connectivity index (χ0n) is 9.12. The van der Waals surface area contributed by atoms with Crippen LogP contribution in [0.1, 0.15) is 37.3 Å². The van der Waals surface area contributed by atoms with E-state index in [9.17, 15) is 5.21 Å². The standard InChI is InChI=1S/C12H18N2O/c1-2-3-8-12(14-15)11-7-5-4-6-10(11)9-13/h4-7,14H,2-3,8-9,13H2,1H3. The number of rotatable bonds is 5. The monoisotopic (exact) mass is 206 g/mol. The molecule has 0 saturated heterocycles. The fourth-order valence-corrected chi connectivity index (χ4v) is 1.59. The third-order valence-corrected chi connectivity index (χ3v) is 2.47. The zero-order valence-corrected chi connectivity index (χ0v) is 9.12. The smallest absolute Gasteiger partial charge is 0.192 e. The van der Waals surface area contributed by atoms with Crippen LogP contribution in [0.2, 0.25) is 0 Å². The Hall–Kier alpha value is -1.35. The predicted octanol–water partition coefficient (Wildman–Crippen LogP) is 0.703. The number of unbranched alkanes of at least 4 members (excludes halogenated alkanes) is 1. The van der Waals surface area contributed by atoms with E-state index in [-0.39, 0.29) is 0 Å². The van der Waals surface area contributed by atoms with Gasteiger partial charge in [0.2, 0.25) is 0 Å². The molecule has 1 aromatic rings. The van der Waals surface area contributed by atoms with E-state index in [2.05, 4.69) is 6.92 Å². The molecule has 3 nitrogen and oxygen atoms in total. The lowest BCUT2D eigenvalue weighted by Gasteiger charge is -2.06. The summed E-state index contributed by atoms with van der Waals surface area (Å²) in [7, 11) is 0. The molecular formula is C12H18N2O. The molecule has 0 atom stereocenters. The molecule has 0 bridgehead atoms. The number of nitrogens with one attached hydrogen (secondary N) is 1. The summed E-state index contributed by atoms with van der Waals surface area (Å²) in [5, 5.41) is 12.9. The lowest BCUT2D eigenvalue weighted by Crippen LogP contribution is -2.65. The molecule has 0 unspecified atom stereocenters. The summed E-state index contributed by atoms with van der Waals surface area (Å²) in [5.41, 5.74) is 8.36. The molecule has 15 heavy (non-hydrogen) atoms. The van der Waals surface area contributed by atoms with Crippen LogP contribution in [0.5, 0.6) is 0 Å². The highest BCUT2D eigenvalue weighted by Gasteiger charge is 2.11. The summed E-state index contributed by atoms with van der Waals surface area (Å²) in [6.45, 7) is 2.57. The van der Waals surface area contributed by atoms with Crippen molar-refractivity contribution >= 4 is 5.71 Å². The van der Waals surface area contributed by atoms with E-state index in [1.54, 1.807) is 0 Å². The van der Waals surface area contributed by atoms with Crippen LogP contribution in [0.25, 0.3) is 0 Å². The second-order valence-corrected chi connectivity index (χ2v) is 3.55. The molecule has 0 aromatic heterocycles. The van der Waals surface area contributed by atoms with Gasteiger partial charge in [-0.2, -0.15) is 0 Å². The van der Waals surface area contributed by atoms with Crippen LogP contribution in [0.3, 0.4) is 0 Å². The zero-order chi connectivity index (χ0) is 11.1. The quantitative estimate of drug-likeness (QED) is 0.423. The van der Waals surface area contributed by atoms with E-state index in [1.807, 2.05) is 29.4 Å². The molecule has 82 valence electrons. The van der Waals surface area contributed by atoms with Crippen molar-refractivity contribution in [2.75, 3.05) is 0 Å². The van der Waals surface area contributed by atoms with Crippen molar-refractivity contribution in [2.45, 2.75) is 32.7 Å². The first-order valence-corrected chi connectivity index (χ1v) is 5.35. The van der Waals surface area contributed by atoms with Crippen molar-refractivity contribution < 1.29 is 5.16 Å². The van der Waals surface area contributed by atoms with Gasteiger partial charge in [-0.25, -0.2) is 5.16 Å². The second-order valence-electron chi connectivity index (χ2n) is 3.55. The third kappa shape index (κ3) is 3.06. The SMILES string of the molecule is CCCCC(=[NH+][O-])c1ccccc1CN. The van der Waals surface area contributed by atoms with Gasteiger partial charge in [-0.1, -0.05) is 31.5 Å². The van der Waals surface area contributed by atoms with Crippen molar-refractivity contribution in [3.05, 3.63) is 40.6 Å². The Kier molecular flexibility index (Phi) is 4.84. The Balaban J connectivity index is 2.91. The van der Waals surface area contributed by atoms with E-state index >= 15 is 0 Å². The van der Waals surface area contributed by atoms with Crippen LogP contribution in [0.15, 0.2) is 24.3 Å². The molecular weight excluding hydrogens is 188 g/mol. The number of hydrogen-bond donors (Lipinski definition) is 2. The lowest BCUT2D eigenvalue weighted by molar-refractivity contribution is -0.374.